The third kappa shape index (κ3) is 2.25. The average molecular weight is 359 g/mol. The molecule has 0 saturated heterocycles. The Balaban J connectivity index is 1.86. The highest BCUT2D eigenvalue weighted by Crippen LogP contribution is 2.40. The van der Waals surface area contributed by atoms with Gasteiger partial charge in [0.15, 0.2) is 0 Å². The molecule has 0 bridgehead atoms. The van der Waals surface area contributed by atoms with Crippen LogP contribution in [0.3, 0.4) is 0 Å². The molecular weight excluding hydrogens is 342 g/mol. The van der Waals surface area contributed by atoms with E-state index in [1.165, 1.54) is 0 Å². The Morgan fingerprint density at radius 1 is 1.15 bits per heavy atom. The zero-order chi connectivity index (χ0) is 18.5. The molecule has 0 unspecified atom stereocenters. The van der Waals surface area contributed by atoms with Gasteiger partial charge in [-0.2, -0.15) is 0 Å². The molecule has 0 spiro atoms. The number of H-pyrrole nitrogens is 2. The summed E-state index contributed by atoms with van der Waals surface area (Å²) in [6, 6.07) is 6.08. The third-order valence-electron chi connectivity index (χ3n) is 4.88. The molecule has 134 valence electrons. The first-order valence-corrected chi connectivity index (χ1v) is 8.58. The standard InChI is InChI=1S/C20H17N5O2/c1-10-17(11(2)27-25-10)14-6-15-13(7-16(14)26-3)18-19(12-4-5-21-8-12)22-9-23-20(18)24-15/h4-9,21H,1-3H3,(H,22,23,24). The topological polar surface area (TPSA) is 92.6 Å². The van der Waals surface area contributed by atoms with E-state index in [9.17, 15) is 0 Å². The molecule has 0 amide bonds. The van der Waals surface area contributed by atoms with E-state index in [0.29, 0.717) is 0 Å². The van der Waals surface area contributed by atoms with Gasteiger partial charge in [-0.1, -0.05) is 5.16 Å². The number of aryl methyl sites for hydroxylation is 2. The van der Waals surface area contributed by atoms with Gasteiger partial charge < -0.3 is 19.2 Å². The lowest BCUT2D eigenvalue weighted by molar-refractivity contribution is 0.393. The number of hydrogen-bond acceptors (Lipinski definition) is 5. The van der Waals surface area contributed by atoms with Crippen LogP contribution in [0.1, 0.15) is 11.5 Å². The lowest BCUT2D eigenvalue weighted by atomic mass is 10.00. The number of nitrogens with one attached hydrogen (secondary N) is 2. The SMILES string of the molecule is COc1cc2c(cc1-c1c(C)noc1C)[nH]c1ncnc(-c3cc[nH]c3)c12. The summed E-state index contributed by atoms with van der Waals surface area (Å²) in [5.41, 5.74) is 6.34. The van der Waals surface area contributed by atoms with E-state index < -0.39 is 0 Å². The maximum absolute atomic E-state index is 5.71. The van der Waals surface area contributed by atoms with E-state index >= 15 is 0 Å². The van der Waals surface area contributed by atoms with Crippen LogP contribution in [0, 0.1) is 13.8 Å². The summed E-state index contributed by atoms with van der Waals surface area (Å²) in [7, 11) is 1.67. The summed E-state index contributed by atoms with van der Waals surface area (Å²) in [5, 5.41) is 6.05. The van der Waals surface area contributed by atoms with Crippen LogP contribution in [0.4, 0.5) is 0 Å². The lowest BCUT2D eigenvalue weighted by Gasteiger charge is -2.09. The van der Waals surface area contributed by atoms with E-state index in [0.717, 1.165) is 61.5 Å². The Kier molecular flexibility index (Phi) is 3.30. The van der Waals surface area contributed by atoms with Crippen LogP contribution >= 0.6 is 0 Å². The number of aromatic amines is 2. The summed E-state index contributed by atoms with van der Waals surface area (Å²) in [5.74, 6) is 1.51. The van der Waals surface area contributed by atoms with Crippen molar-refractivity contribution in [2.24, 2.45) is 0 Å². The Bertz CT molecular complexity index is 1260. The van der Waals surface area contributed by atoms with Crippen LogP contribution in [-0.2, 0) is 0 Å². The van der Waals surface area contributed by atoms with Gasteiger partial charge in [0, 0.05) is 34.4 Å². The average Bonchev–Trinajstić information content (AvgIpc) is 3.39. The summed E-state index contributed by atoms with van der Waals surface area (Å²) in [4.78, 5) is 15.4. The molecule has 27 heavy (non-hydrogen) atoms. The van der Waals surface area contributed by atoms with Crippen LogP contribution in [0.5, 0.6) is 5.75 Å². The number of fused-ring (bicyclic) bond motifs is 3. The third-order valence-corrected chi connectivity index (χ3v) is 4.88. The molecule has 0 radical (unpaired) electrons. The fourth-order valence-corrected chi connectivity index (χ4v) is 3.67. The van der Waals surface area contributed by atoms with Crippen molar-refractivity contribution in [3.63, 3.8) is 0 Å². The molecule has 7 nitrogen and oxygen atoms in total. The predicted molar refractivity (Wildman–Crippen MR) is 103 cm³/mol. The van der Waals surface area contributed by atoms with Gasteiger partial charge in [0.05, 0.1) is 29.4 Å². The largest absolute Gasteiger partial charge is 0.496 e. The van der Waals surface area contributed by atoms with Crippen LogP contribution in [0.25, 0.3) is 44.3 Å². The van der Waals surface area contributed by atoms with Gasteiger partial charge in [0.2, 0.25) is 0 Å². The zero-order valence-electron chi connectivity index (χ0n) is 15.1. The van der Waals surface area contributed by atoms with Gasteiger partial charge >= 0.3 is 0 Å². The molecule has 5 rings (SSSR count). The Morgan fingerprint density at radius 3 is 2.74 bits per heavy atom. The first-order chi connectivity index (χ1) is 13.2. The Labute approximate surface area is 154 Å². The number of nitrogens with zero attached hydrogens (tertiary/aromatic N) is 3. The number of rotatable bonds is 3. The van der Waals surface area contributed by atoms with Gasteiger partial charge in [-0.25, -0.2) is 9.97 Å². The van der Waals surface area contributed by atoms with Gasteiger partial charge in [0.25, 0.3) is 0 Å². The van der Waals surface area contributed by atoms with Gasteiger partial charge in [-0.05, 0) is 32.0 Å². The molecule has 0 atom stereocenters. The van der Waals surface area contributed by atoms with Gasteiger partial charge in [-0.15, -0.1) is 0 Å². The highest BCUT2D eigenvalue weighted by molar-refractivity contribution is 6.13. The normalized spacial score (nSPS) is 11.5. The van der Waals surface area contributed by atoms with Crippen LogP contribution < -0.4 is 4.74 Å². The molecule has 1 aromatic carbocycles. The minimum atomic E-state index is 0.752. The van der Waals surface area contributed by atoms with Crippen molar-refractivity contribution in [3.05, 3.63) is 48.4 Å². The van der Waals surface area contributed by atoms with Crippen molar-refractivity contribution >= 4 is 21.9 Å². The van der Waals surface area contributed by atoms with E-state index in [1.807, 2.05) is 38.4 Å². The second-order valence-electron chi connectivity index (χ2n) is 6.47. The molecule has 4 aromatic heterocycles. The molecule has 0 saturated carbocycles. The minimum absolute atomic E-state index is 0.752. The number of hydrogen-bond donors (Lipinski definition) is 2. The van der Waals surface area contributed by atoms with E-state index in [1.54, 1.807) is 13.4 Å². The van der Waals surface area contributed by atoms with Crippen molar-refractivity contribution in [1.29, 1.82) is 0 Å². The summed E-state index contributed by atoms with van der Waals surface area (Å²) < 4.78 is 11.1. The number of aromatic nitrogens is 5. The first-order valence-electron chi connectivity index (χ1n) is 8.58. The fraction of sp³-hybridized carbons (Fsp3) is 0.150. The molecule has 4 heterocycles. The summed E-state index contributed by atoms with van der Waals surface area (Å²) >= 11 is 0. The first kappa shape index (κ1) is 15.6. The maximum Gasteiger partial charge on any atom is 0.142 e. The fourth-order valence-electron chi connectivity index (χ4n) is 3.67. The smallest absolute Gasteiger partial charge is 0.142 e. The summed E-state index contributed by atoms with van der Waals surface area (Å²) in [6.45, 7) is 3.83. The van der Waals surface area contributed by atoms with Gasteiger partial charge in [0.1, 0.15) is 23.5 Å². The lowest BCUT2D eigenvalue weighted by Crippen LogP contribution is -1.90. The van der Waals surface area contributed by atoms with E-state index in [-0.39, 0.29) is 0 Å². The number of ether oxygens (including phenoxy) is 1. The summed E-state index contributed by atoms with van der Waals surface area (Å²) in [6.07, 6.45) is 5.39. The number of benzene rings is 1. The molecule has 5 aromatic rings. The quantitative estimate of drug-likeness (QED) is 0.498. The highest BCUT2D eigenvalue weighted by Gasteiger charge is 2.20. The minimum Gasteiger partial charge on any atom is -0.496 e. The Morgan fingerprint density at radius 2 is 2.04 bits per heavy atom. The molecular formula is C20H17N5O2. The molecule has 0 fully saturated rings. The van der Waals surface area contributed by atoms with Crippen LogP contribution in [0.2, 0.25) is 0 Å². The Hall–Kier alpha value is -3.61. The van der Waals surface area contributed by atoms with Crippen LogP contribution in [0.15, 0.2) is 41.4 Å². The predicted octanol–water partition coefficient (Wildman–Crippen LogP) is 4.39. The van der Waals surface area contributed by atoms with Gasteiger partial charge in [-0.3, -0.25) is 0 Å². The van der Waals surface area contributed by atoms with Crippen molar-refractivity contribution in [2.45, 2.75) is 13.8 Å². The second-order valence-corrected chi connectivity index (χ2v) is 6.47. The highest BCUT2D eigenvalue weighted by atomic mass is 16.5. The maximum atomic E-state index is 5.71. The van der Waals surface area contributed by atoms with Crippen LogP contribution in [-0.4, -0.2) is 32.2 Å². The monoisotopic (exact) mass is 359 g/mol. The van der Waals surface area contributed by atoms with Crippen molar-refractivity contribution in [3.8, 4) is 28.1 Å². The van der Waals surface area contributed by atoms with E-state index in [2.05, 4.69) is 31.2 Å². The molecule has 0 aliphatic heterocycles. The molecule has 7 heteroatoms. The molecule has 0 aliphatic carbocycles. The van der Waals surface area contributed by atoms with Crippen molar-refractivity contribution < 1.29 is 9.26 Å². The van der Waals surface area contributed by atoms with Crippen molar-refractivity contribution in [1.82, 2.24) is 25.1 Å². The molecule has 0 aliphatic rings. The van der Waals surface area contributed by atoms with Crippen molar-refractivity contribution in [2.75, 3.05) is 7.11 Å². The second kappa shape index (κ2) is 5.70. The number of methoxy groups -OCH3 is 1. The molecule has 2 N–H and O–H groups in total. The zero-order valence-corrected chi connectivity index (χ0v) is 15.1. The van der Waals surface area contributed by atoms with E-state index in [4.69, 9.17) is 9.26 Å².